The summed E-state index contributed by atoms with van der Waals surface area (Å²) >= 11 is 0. The maximum atomic E-state index is 12.9. The standard InChI is InChI=1S/C27H25NO4/c29-26(30)24-16-28(15-14-19(24)18-8-2-1-3-9-18)27(31)32-17-25-22-12-6-4-10-20(22)21-11-5-7-13-23(21)25/h1-13,19,24-25H,14-17H2,(H,29,30)/t19-,24+/m0/s1. The first-order chi connectivity index (χ1) is 15.6. The molecule has 5 rings (SSSR count). The van der Waals surface area contributed by atoms with Crippen molar-refractivity contribution >= 4 is 12.1 Å². The van der Waals surface area contributed by atoms with Crippen molar-refractivity contribution in [1.82, 2.24) is 4.90 Å². The Bertz CT molecular complexity index is 1100. The number of carboxylic acid groups (broad SMARTS) is 1. The predicted molar refractivity (Wildman–Crippen MR) is 122 cm³/mol. The smallest absolute Gasteiger partial charge is 0.409 e. The van der Waals surface area contributed by atoms with Crippen molar-refractivity contribution in [2.75, 3.05) is 19.7 Å². The molecule has 1 aliphatic heterocycles. The van der Waals surface area contributed by atoms with Crippen molar-refractivity contribution in [3.63, 3.8) is 0 Å². The predicted octanol–water partition coefficient (Wildman–Crippen LogP) is 5.13. The Kier molecular flexibility index (Phi) is 5.39. The topological polar surface area (TPSA) is 66.8 Å². The van der Waals surface area contributed by atoms with Gasteiger partial charge < -0.3 is 14.7 Å². The van der Waals surface area contributed by atoms with Gasteiger partial charge in [0, 0.05) is 24.9 Å². The van der Waals surface area contributed by atoms with Gasteiger partial charge in [0.05, 0.1) is 5.92 Å². The average molecular weight is 428 g/mol. The van der Waals surface area contributed by atoms with Gasteiger partial charge in [-0.2, -0.15) is 0 Å². The van der Waals surface area contributed by atoms with Crippen LogP contribution in [0.15, 0.2) is 78.9 Å². The van der Waals surface area contributed by atoms with Crippen molar-refractivity contribution in [3.05, 3.63) is 95.6 Å². The molecule has 2 aliphatic rings. The minimum Gasteiger partial charge on any atom is -0.481 e. The third kappa shape index (κ3) is 3.64. The molecule has 1 N–H and O–H groups in total. The fraction of sp³-hybridized carbons (Fsp3) is 0.259. The average Bonchev–Trinajstić information content (AvgIpc) is 3.16. The van der Waals surface area contributed by atoms with Crippen LogP contribution < -0.4 is 0 Å². The summed E-state index contributed by atoms with van der Waals surface area (Å²) in [5, 5.41) is 9.81. The highest BCUT2D eigenvalue weighted by Gasteiger charge is 2.38. The Hall–Kier alpha value is -3.60. The molecule has 1 heterocycles. The minimum atomic E-state index is -0.880. The molecule has 0 aromatic heterocycles. The van der Waals surface area contributed by atoms with Gasteiger partial charge in [0.2, 0.25) is 0 Å². The molecule has 0 radical (unpaired) electrons. The lowest BCUT2D eigenvalue weighted by atomic mass is 9.80. The fourth-order valence-corrected chi connectivity index (χ4v) is 5.15. The van der Waals surface area contributed by atoms with Crippen LogP contribution in [-0.4, -0.2) is 41.8 Å². The Balaban J connectivity index is 1.29. The molecule has 0 bridgehead atoms. The summed E-state index contributed by atoms with van der Waals surface area (Å²) in [5.41, 5.74) is 5.69. The van der Waals surface area contributed by atoms with Gasteiger partial charge in [-0.15, -0.1) is 0 Å². The number of hydrogen-bond acceptors (Lipinski definition) is 3. The van der Waals surface area contributed by atoms with Crippen molar-refractivity contribution in [3.8, 4) is 11.1 Å². The maximum absolute atomic E-state index is 12.9. The largest absolute Gasteiger partial charge is 0.481 e. The second-order valence-electron chi connectivity index (χ2n) is 8.50. The van der Waals surface area contributed by atoms with Gasteiger partial charge in [0.25, 0.3) is 0 Å². The lowest BCUT2D eigenvalue weighted by Gasteiger charge is -2.36. The van der Waals surface area contributed by atoms with Gasteiger partial charge in [0.1, 0.15) is 6.61 Å². The molecule has 5 nitrogen and oxygen atoms in total. The summed E-state index contributed by atoms with van der Waals surface area (Å²) in [5.74, 6) is -1.64. The van der Waals surface area contributed by atoms with Crippen LogP contribution in [0, 0.1) is 5.92 Å². The van der Waals surface area contributed by atoms with Gasteiger partial charge in [-0.25, -0.2) is 4.79 Å². The Morgan fingerprint density at radius 1 is 0.875 bits per heavy atom. The Morgan fingerprint density at radius 2 is 1.47 bits per heavy atom. The Labute approximate surface area is 187 Å². The SMILES string of the molecule is O=C(O)[C@@H]1CN(C(=O)OCC2c3ccccc3-c3ccccc32)CC[C@H]1c1ccccc1. The summed E-state index contributed by atoms with van der Waals surface area (Å²) in [4.78, 5) is 26.4. The number of aliphatic carboxylic acids is 1. The van der Waals surface area contributed by atoms with E-state index >= 15 is 0 Å². The zero-order valence-corrected chi connectivity index (χ0v) is 17.7. The summed E-state index contributed by atoms with van der Waals surface area (Å²) in [7, 11) is 0. The van der Waals surface area contributed by atoms with Crippen molar-refractivity contribution in [2.24, 2.45) is 5.92 Å². The van der Waals surface area contributed by atoms with Crippen LogP contribution in [0.4, 0.5) is 4.79 Å². The molecule has 0 saturated carbocycles. The van der Waals surface area contributed by atoms with Crippen LogP contribution >= 0.6 is 0 Å². The molecular weight excluding hydrogens is 402 g/mol. The molecule has 0 unspecified atom stereocenters. The van der Waals surface area contributed by atoms with Crippen molar-refractivity contribution < 1.29 is 19.4 Å². The summed E-state index contributed by atoms with van der Waals surface area (Å²) < 4.78 is 5.74. The molecule has 3 aromatic rings. The number of carbonyl (C=O) groups excluding carboxylic acids is 1. The molecule has 1 fully saturated rings. The van der Waals surface area contributed by atoms with Crippen LogP contribution in [0.5, 0.6) is 0 Å². The second-order valence-corrected chi connectivity index (χ2v) is 8.50. The highest BCUT2D eigenvalue weighted by molar-refractivity contribution is 5.79. The molecule has 2 atom stereocenters. The first-order valence-electron chi connectivity index (χ1n) is 11.0. The number of hydrogen-bond donors (Lipinski definition) is 1. The fourth-order valence-electron chi connectivity index (χ4n) is 5.15. The number of fused-ring (bicyclic) bond motifs is 3. The van der Waals surface area contributed by atoms with E-state index in [2.05, 4.69) is 24.3 Å². The third-order valence-corrected chi connectivity index (χ3v) is 6.75. The number of nitrogens with zero attached hydrogens (tertiary/aromatic N) is 1. The molecule has 1 aliphatic carbocycles. The van der Waals surface area contributed by atoms with Crippen LogP contribution in [0.3, 0.4) is 0 Å². The quantitative estimate of drug-likeness (QED) is 0.627. The first kappa shape index (κ1) is 20.3. The molecular formula is C27H25NO4. The number of ether oxygens (including phenoxy) is 1. The van der Waals surface area contributed by atoms with Gasteiger partial charge >= 0.3 is 12.1 Å². The molecule has 1 saturated heterocycles. The van der Waals surface area contributed by atoms with Crippen LogP contribution in [-0.2, 0) is 9.53 Å². The monoisotopic (exact) mass is 427 g/mol. The molecule has 3 aromatic carbocycles. The minimum absolute atomic E-state index is 0.0107. The van der Waals surface area contributed by atoms with Gasteiger partial charge in [-0.1, -0.05) is 78.9 Å². The van der Waals surface area contributed by atoms with Crippen molar-refractivity contribution in [2.45, 2.75) is 18.3 Å². The molecule has 162 valence electrons. The van der Waals surface area contributed by atoms with Crippen LogP contribution in [0.2, 0.25) is 0 Å². The van der Waals surface area contributed by atoms with E-state index in [4.69, 9.17) is 4.74 Å². The normalized spacial score (nSPS) is 19.8. The van der Waals surface area contributed by atoms with E-state index in [1.54, 1.807) is 4.90 Å². The van der Waals surface area contributed by atoms with E-state index in [1.807, 2.05) is 54.6 Å². The van der Waals surface area contributed by atoms with E-state index < -0.39 is 18.0 Å². The lowest BCUT2D eigenvalue weighted by molar-refractivity contribution is -0.144. The van der Waals surface area contributed by atoms with E-state index in [0.717, 1.165) is 16.7 Å². The Morgan fingerprint density at radius 3 is 2.09 bits per heavy atom. The summed E-state index contributed by atoms with van der Waals surface area (Å²) in [6.07, 6.45) is 0.162. The van der Waals surface area contributed by atoms with Gasteiger partial charge in [-0.3, -0.25) is 4.79 Å². The van der Waals surface area contributed by atoms with Gasteiger partial charge in [0.15, 0.2) is 0 Å². The lowest BCUT2D eigenvalue weighted by Crippen LogP contribution is -2.46. The molecule has 32 heavy (non-hydrogen) atoms. The number of piperidine rings is 1. The summed E-state index contributed by atoms with van der Waals surface area (Å²) in [6, 6.07) is 26.1. The summed E-state index contributed by atoms with van der Waals surface area (Å²) in [6.45, 7) is 0.884. The highest BCUT2D eigenvalue weighted by atomic mass is 16.6. The second kappa shape index (κ2) is 8.50. The van der Waals surface area contributed by atoms with Crippen LogP contribution in [0.25, 0.3) is 11.1 Å². The number of carbonyl (C=O) groups is 2. The molecule has 0 spiro atoms. The number of amides is 1. The number of benzene rings is 3. The zero-order chi connectivity index (χ0) is 22.1. The zero-order valence-electron chi connectivity index (χ0n) is 17.7. The number of carboxylic acids is 1. The first-order valence-corrected chi connectivity index (χ1v) is 11.0. The molecule has 5 heteroatoms. The van der Waals surface area contributed by atoms with Crippen molar-refractivity contribution in [1.29, 1.82) is 0 Å². The van der Waals surface area contributed by atoms with E-state index in [0.29, 0.717) is 13.0 Å². The highest BCUT2D eigenvalue weighted by Crippen LogP contribution is 2.44. The maximum Gasteiger partial charge on any atom is 0.409 e. The number of rotatable bonds is 4. The van der Waals surface area contributed by atoms with Crippen LogP contribution in [0.1, 0.15) is 34.9 Å². The van der Waals surface area contributed by atoms with Gasteiger partial charge in [-0.05, 0) is 34.2 Å². The third-order valence-electron chi connectivity index (χ3n) is 6.75. The van der Waals surface area contributed by atoms with E-state index in [9.17, 15) is 14.7 Å². The van der Waals surface area contributed by atoms with E-state index in [1.165, 1.54) is 11.1 Å². The number of likely N-dealkylation sites (tertiary alicyclic amines) is 1. The molecule has 1 amide bonds. The van der Waals surface area contributed by atoms with E-state index in [-0.39, 0.29) is 25.0 Å².